The predicted molar refractivity (Wildman–Crippen MR) is 89.1 cm³/mol. The van der Waals surface area contributed by atoms with Gasteiger partial charge >= 0.3 is 0 Å². The van der Waals surface area contributed by atoms with Gasteiger partial charge in [0, 0.05) is 22.4 Å². The number of aromatic nitrogens is 2. The average molecular weight is 326 g/mol. The van der Waals surface area contributed by atoms with Gasteiger partial charge < -0.3 is 0 Å². The molecule has 2 aromatic carbocycles. The topological polar surface area (TPSA) is 30.2 Å². The molecule has 1 unspecified atom stereocenters. The normalized spacial score (nSPS) is 15.9. The molecule has 0 fully saturated rings. The van der Waals surface area contributed by atoms with Crippen molar-refractivity contribution in [3.63, 3.8) is 0 Å². The van der Waals surface area contributed by atoms with Crippen molar-refractivity contribution in [2.24, 2.45) is 4.99 Å². The first-order valence-corrected chi connectivity index (χ1v) is 7.65. The number of aliphatic imine (C=N–C) groups is 1. The summed E-state index contributed by atoms with van der Waals surface area (Å²) in [6, 6.07) is 11.9. The summed E-state index contributed by atoms with van der Waals surface area (Å²) in [7, 11) is 0. The molecule has 5 heteroatoms. The lowest BCUT2D eigenvalue weighted by molar-refractivity contribution is 0.600. The number of benzene rings is 2. The first kappa shape index (κ1) is 14.2. The predicted octanol–water partition coefficient (Wildman–Crippen LogP) is 4.50. The van der Waals surface area contributed by atoms with Gasteiger partial charge in [-0.15, -0.1) is 0 Å². The number of imidazole rings is 1. The first-order valence-electron chi connectivity index (χ1n) is 7.27. The van der Waals surface area contributed by atoms with Gasteiger partial charge in [-0.3, -0.25) is 9.56 Å². The van der Waals surface area contributed by atoms with Crippen LogP contribution in [-0.4, -0.2) is 15.8 Å². The molecule has 3 aromatic rings. The van der Waals surface area contributed by atoms with Crippen LogP contribution < -0.4 is 0 Å². The largest absolute Gasteiger partial charge is 0.295 e. The Labute approximate surface area is 138 Å². The maximum Gasteiger partial charge on any atom is 0.128 e. The van der Waals surface area contributed by atoms with Crippen LogP contribution in [0.25, 0.3) is 5.69 Å². The van der Waals surface area contributed by atoms with Gasteiger partial charge in [-0.2, -0.15) is 0 Å². The first-order chi connectivity index (χ1) is 11.1. The van der Waals surface area contributed by atoms with Gasteiger partial charge in [0.05, 0.1) is 17.6 Å². The van der Waals surface area contributed by atoms with Crippen LogP contribution in [-0.2, 0) is 0 Å². The van der Waals surface area contributed by atoms with Crippen molar-refractivity contribution in [1.82, 2.24) is 9.55 Å². The molecular weight excluding hydrogens is 313 g/mol. The van der Waals surface area contributed by atoms with E-state index in [0.29, 0.717) is 10.6 Å². The highest BCUT2D eigenvalue weighted by molar-refractivity contribution is 6.30. The molecule has 0 saturated heterocycles. The molecule has 0 saturated carbocycles. The van der Waals surface area contributed by atoms with Gasteiger partial charge in [-0.05, 0) is 31.2 Å². The third kappa shape index (κ3) is 2.26. The van der Waals surface area contributed by atoms with E-state index in [1.54, 1.807) is 24.5 Å². The fourth-order valence-electron chi connectivity index (χ4n) is 2.99. The third-order valence-corrected chi connectivity index (χ3v) is 4.28. The summed E-state index contributed by atoms with van der Waals surface area (Å²) in [6.45, 7) is 1.93. The summed E-state index contributed by atoms with van der Waals surface area (Å²) >= 11 is 6.19. The van der Waals surface area contributed by atoms with Crippen LogP contribution >= 0.6 is 11.6 Å². The maximum absolute atomic E-state index is 14.3. The van der Waals surface area contributed by atoms with Crippen molar-refractivity contribution >= 4 is 17.8 Å². The molecule has 1 aliphatic rings. The van der Waals surface area contributed by atoms with E-state index in [1.165, 1.54) is 6.07 Å². The smallest absolute Gasteiger partial charge is 0.128 e. The molecule has 0 spiro atoms. The maximum atomic E-state index is 14.3. The van der Waals surface area contributed by atoms with Crippen LogP contribution in [0, 0.1) is 12.7 Å². The second-order valence-corrected chi connectivity index (χ2v) is 5.91. The second-order valence-electron chi connectivity index (χ2n) is 5.47. The van der Waals surface area contributed by atoms with Gasteiger partial charge in [0.2, 0.25) is 0 Å². The van der Waals surface area contributed by atoms with Crippen molar-refractivity contribution in [3.8, 4) is 5.69 Å². The second kappa shape index (κ2) is 5.32. The van der Waals surface area contributed by atoms with Crippen LogP contribution in [0.15, 0.2) is 53.7 Å². The molecule has 0 N–H and O–H groups in total. The molecule has 0 aliphatic carbocycles. The van der Waals surface area contributed by atoms with Crippen molar-refractivity contribution in [3.05, 3.63) is 82.1 Å². The van der Waals surface area contributed by atoms with Gasteiger partial charge in [-0.25, -0.2) is 9.37 Å². The van der Waals surface area contributed by atoms with Crippen LogP contribution in [0.2, 0.25) is 5.02 Å². The van der Waals surface area contributed by atoms with Crippen molar-refractivity contribution in [2.45, 2.75) is 13.0 Å². The zero-order chi connectivity index (χ0) is 16.0. The molecule has 114 valence electrons. The Bertz CT molecular complexity index is 930. The number of fused-ring (bicyclic) bond motifs is 3. The van der Waals surface area contributed by atoms with Gasteiger partial charge in [0.25, 0.3) is 0 Å². The highest BCUT2D eigenvalue weighted by Crippen LogP contribution is 2.36. The van der Waals surface area contributed by atoms with Crippen LogP contribution in [0.3, 0.4) is 0 Å². The summed E-state index contributed by atoms with van der Waals surface area (Å²) in [4.78, 5) is 8.95. The Morgan fingerprint density at radius 1 is 1.13 bits per heavy atom. The lowest BCUT2D eigenvalue weighted by Gasteiger charge is -2.18. The van der Waals surface area contributed by atoms with E-state index in [4.69, 9.17) is 11.6 Å². The van der Waals surface area contributed by atoms with Gasteiger partial charge in [-0.1, -0.05) is 29.8 Å². The monoisotopic (exact) mass is 325 g/mol. The van der Waals surface area contributed by atoms with Crippen molar-refractivity contribution < 1.29 is 4.39 Å². The molecule has 3 nitrogen and oxygen atoms in total. The average Bonchev–Trinajstić information content (AvgIpc) is 2.82. The van der Waals surface area contributed by atoms with E-state index in [2.05, 4.69) is 9.98 Å². The molecule has 1 atom stereocenters. The molecule has 0 radical (unpaired) electrons. The molecule has 2 heterocycles. The van der Waals surface area contributed by atoms with E-state index < -0.39 is 6.04 Å². The molecule has 0 amide bonds. The van der Waals surface area contributed by atoms with Gasteiger partial charge in [0.15, 0.2) is 0 Å². The summed E-state index contributed by atoms with van der Waals surface area (Å²) in [5, 5.41) is 0.599. The number of rotatable bonds is 1. The van der Waals surface area contributed by atoms with Crippen molar-refractivity contribution in [2.75, 3.05) is 0 Å². The molecular formula is C18H13ClFN3. The summed E-state index contributed by atoms with van der Waals surface area (Å²) in [5.41, 5.74) is 3.18. The SMILES string of the molecule is Cc1ncc2n1-c1ccc(Cl)cc1C(c1ccccc1F)N=C2. The fraction of sp³-hybridized carbons (Fsp3) is 0.111. The Morgan fingerprint density at radius 2 is 1.96 bits per heavy atom. The Balaban J connectivity index is 2.02. The van der Waals surface area contributed by atoms with Gasteiger partial charge in [0.1, 0.15) is 17.7 Å². The van der Waals surface area contributed by atoms with E-state index in [1.807, 2.05) is 35.8 Å². The lowest BCUT2D eigenvalue weighted by Crippen LogP contribution is -2.06. The number of hydrogen-bond acceptors (Lipinski definition) is 2. The minimum atomic E-state index is -0.441. The van der Waals surface area contributed by atoms with E-state index in [9.17, 15) is 4.39 Å². The zero-order valence-electron chi connectivity index (χ0n) is 12.4. The minimum Gasteiger partial charge on any atom is -0.295 e. The van der Waals surface area contributed by atoms with Crippen LogP contribution in [0.5, 0.6) is 0 Å². The Hall–Kier alpha value is -2.46. The number of halogens is 2. The Morgan fingerprint density at radius 3 is 2.78 bits per heavy atom. The van der Waals surface area contributed by atoms with E-state index in [-0.39, 0.29) is 5.82 Å². The number of hydrogen-bond donors (Lipinski definition) is 0. The van der Waals surface area contributed by atoms with Crippen molar-refractivity contribution in [1.29, 1.82) is 0 Å². The minimum absolute atomic E-state index is 0.276. The molecule has 1 aromatic heterocycles. The van der Waals surface area contributed by atoms with E-state index in [0.717, 1.165) is 22.8 Å². The summed E-state index contributed by atoms with van der Waals surface area (Å²) in [6.07, 6.45) is 3.51. The standard InChI is InChI=1S/C18H13ClFN3/c1-11-21-9-13-10-22-18(14-4-2-3-5-16(14)20)15-8-12(19)6-7-17(15)23(11)13/h2-10,18H,1H3. The highest BCUT2D eigenvalue weighted by atomic mass is 35.5. The highest BCUT2D eigenvalue weighted by Gasteiger charge is 2.24. The molecule has 1 aliphatic heterocycles. The number of aryl methyl sites for hydroxylation is 1. The van der Waals surface area contributed by atoms with E-state index >= 15 is 0 Å². The quantitative estimate of drug-likeness (QED) is 0.648. The zero-order valence-corrected chi connectivity index (χ0v) is 13.1. The molecule has 0 bridgehead atoms. The number of nitrogens with zero attached hydrogens (tertiary/aromatic N) is 3. The summed E-state index contributed by atoms with van der Waals surface area (Å²) in [5.74, 6) is 0.575. The fourth-order valence-corrected chi connectivity index (χ4v) is 3.17. The molecule has 23 heavy (non-hydrogen) atoms. The van der Waals surface area contributed by atoms with Crippen LogP contribution in [0.4, 0.5) is 4.39 Å². The molecule has 4 rings (SSSR count). The lowest BCUT2D eigenvalue weighted by atomic mass is 9.97. The van der Waals surface area contributed by atoms with Crippen LogP contribution in [0.1, 0.15) is 28.7 Å². The summed E-state index contributed by atoms with van der Waals surface area (Å²) < 4.78 is 16.3. The Kier molecular flexibility index (Phi) is 3.27. The third-order valence-electron chi connectivity index (χ3n) is 4.05.